The van der Waals surface area contributed by atoms with Gasteiger partial charge in [0.25, 0.3) is 0 Å². The third-order valence-corrected chi connectivity index (χ3v) is 4.28. The molecule has 0 saturated heterocycles. The van der Waals surface area contributed by atoms with Gasteiger partial charge in [0, 0.05) is 6.04 Å². The first-order valence-electron chi connectivity index (χ1n) is 9.02. The van der Waals surface area contributed by atoms with Crippen molar-refractivity contribution < 1.29 is 9.47 Å². The smallest absolute Gasteiger partial charge is 0.130 e. The summed E-state index contributed by atoms with van der Waals surface area (Å²) >= 11 is 0. The molecule has 0 saturated carbocycles. The van der Waals surface area contributed by atoms with Crippen LogP contribution in [0.1, 0.15) is 24.5 Å². The topological polar surface area (TPSA) is 44.5 Å². The van der Waals surface area contributed by atoms with E-state index in [2.05, 4.69) is 25.1 Å². The summed E-state index contributed by atoms with van der Waals surface area (Å²) in [7, 11) is 0. The second kappa shape index (κ2) is 9.07. The first-order valence-corrected chi connectivity index (χ1v) is 9.02. The lowest BCUT2D eigenvalue weighted by Crippen LogP contribution is -2.21. The Labute approximate surface area is 155 Å². The van der Waals surface area contributed by atoms with Gasteiger partial charge in [-0.2, -0.15) is 0 Å². The minimum atomic E-state index is 0.147. The van der Waals surface area contributed by atoms with E-state index in [9.17, 15) is 0 Å². The van der Waals surface area contributed by atoms with E-state index < -0.39 is 0 Å². The highest BCUT2D eigenvalue weighted by molar-refractivity contribution is 5.40. The normalized spacial score (nSPS) is 11.8. The Bertz CT molecular complexity index is 800. The molecule has 26 heavy (non-hydrogen) atoms. The Hall–Kier alpha value is -2.78. The molecule has 1 unspecified atom stereocenters. The summed E-state index contributed by atoms with van der Waals surface area (Å²) in [6.45, 7) is 2.65. The molecule has 0 spiro atoms. The largest absolute Gasteiger partial charge is 0.489 e. The highest BCUT2D eigenvalue weighted by atomic mass is 16.5. The third-order valence-electron chi connectivity index (χ3n) is 4.28. The summed E-state index contributed by atoms with van der Waals surface area (Å²) in [5.74, 6) is 2.46. The molecule has 1 atom stereocenters. The molecule has 0 fully saturated rings. The van der Waals surface area contributed by atoms with Crippen molar-refractivity contribution >= 4 is 0 Å². The maximum atomic E-state index is 6.10. The molecule has 3 aromatic rings. The van der Waals surface area contributed by atoms with Crippen LogP contribution in [0.15, 0.2) is 78.9 Å². The molecular formula is C23H25NO2. The Morgan fingerprint density at radius 3 is 2.19 bits per heavy atom. The van der Waals surface area contributed by atoms with Crippen molar-refractivity contribution in [2.75, 3.05) is 0 Å². The van der Waals surface area contributed by atoms with Crippen molar-refractivity contribution in [2.45, 2.75) is 32.4 Å². The molecule has 0 aliphatic rings. The van der Waals surface area contributed by atoms with Gasteiger partial charge in [0.2, 0.25) is 0 Å². The van der Waals surface area contributed by atoms with Gasteiger partial charge in [-0.15, -0.1) is 0 Å². The zero-order valence-corrected chi connectivity index (χ0v) is 15.1. The molecule has 0 aromatic heterocycles. The molecule has 0 radical (unpaired) electrons. The van der Waals surface area contributed by atoms with Crippen LogP contribution >= 0.6 is 0 Å². The molecule has 134 valence electrons. The Balaban J connectivity index is 1.62. The fraction of sp³-hybridized carbons (Fsp3) is 0.217. The highest BCUT2D eigenvalue weighted by Gasteiger charge is 2.08. The number of para-hydroxylation sites is 1. The van der Waals surface area contributed by atoms with Crippen LogP contribution in [0.2, 0.25) is 0 Å². The second-order valence-corrected chi connectivity index (χ2v) is 6.33. The van der Waals surface area contributed by atoms with E-state index in [1.54, 1.807) is 0 Å². The van der Waals surface area contributed by atoms with Crippen molar-refractivity contribution in [3.05, 3.63) is 90.0 Å². The average Bonchev–Trinajstić information content (AvgIpc) is 2.69. The van der Waals surface area contributed by atoms with Crippen LogP contribution in [0.25, 0.3) is 0 Å². The van der Waals surface area contributed by atoms with Crippen molar-refractivity contribution in [2.24, 2.45) is 5.73 Å². The highest BCUT2D eigenvalue weighted by Crippen LogP contribution is 2.28. The summed E-state index contributed by atoms with van der Waals surface area (Å²) in [4.78, 5) is 0. The summed E-state index contributed by atoms with van der Waals surface area (Å²) in [5, 5.41) is 0. The molecule has 3 rings (SSSR count). The Morgan fingerprint density at radius 1 is 0.808 bits per heavy atom. The Kier molecular flexibility index (Phi) is 6.29. The number of ether oxygens (including phenoxy) is 2. The van der Waals surface area contributed by atoms with Gasteiger partial charge >= 0.3 is 0 Å². The number of rotatable bonds is 8. The minimum absolute atomic E-state index is 0.147. The lowest BCUT2D eigenvalue weighted by Gasteiger charge is -2.14. The molecule has 2 N–H and O–H groups in total. The summed E-state index contributed by atoms with van der Waals surface area (Å²) in [5.41, 5.74) is 8.37. The molecule has 3 aromatic carbocycles. The van der Waals surface area contributed by atoms with Gasteiger partial charge in [-0.1, -0.05) is 55.5 Å². The van der Waals surface area contributed by atoms with E-state index in [0.29, 0.717) is 6.61 Å². The monoisotopic (exact) mass is 347 g/mol. The van der Waals surface area contributed by atoms with Crippen LogP contribution in [-0.4, -0.2) is 6.04 Å². The van der Waals surface area contributed by atoms with E-state index in [1.807, 2.05) is 60.7 Å². The molecule has 0 aliphatic carbocycles. The van der Waals surface area contributed by atoms with Crippen LogP contribution in [0.3, 0.4) is 0 Å². The van der Waals surface area contributed by atoms with Crippen molar-refractivity contribution in [3.63, 3.8) is 0 Å². The van der Waals surface area contributed by atoms with Crippen LogP contribution in [-0.2, 0) is 13.0 Å². The van der Waals surface area contributed by atoms with Gasteiger partial charge < -0.3 is 15.2 Å². The predicted octanol–water partition coefficient (Wildman–Crippen LogP) is 5.34. The summed E-state index contributed by atoms with van der Waals surface area (Å²) in [6.07, 6.45) is 1.76. The lowest BCUT2D eigenvalue weighted by atomic mass is 10.0. The van der Waals surface area contributed by atoms with E-state index in [-0.39, 0.29) is 6.04 Å². The molecule has 0 aliphatic heterocycles. The SMILES string of the molecule is CCC(N)Cc1ccccc1Oc1ccc(OCc2ccccc2)cc1. The first-order chi connectivity index (χ1) is 12.7. The summed E-state index contributed by atoms with van der Waals surface area (Å²) in [6, 6.07) is 26.0. The third kappa shape index (κ3) is 5.11. The van der Waals surface area contributed by atoms with Crippen molar-refractivity contribution in [1.82, 2.24) is 0 Å². The van der Waals surface area contributed by atoms with Gasteiger partial charge in [-0.3, -0.25) is 0 Å². The van der Waals surface area contributed by atoms with Gasteiger partial charge in [-0.05, 0) is 54.3 Å². The van der Waals surface area contributed by atoms with Crippen LogP contribution in [0.5, 0.6) is 17.2 Å². The lowest BCUT2D eigenvalue weighted by molar-refractivity contribution is 0.306. The number of benzene rings is 3. The predicted molar refractivity (Wildman–Crippen MR) is 106 cm³/mol. The Morgan fingerprint density at radius 2 is 1.46 bits per heavy atom. The van der Waals surface area contributed by atoms with Crippen molar-refractivity contribution in [3.8, 4) is 17.2 Å². The average molecular weight is 347 g/mol. The molecule has 3 heteroatoms. The molecule has 0 bridgehead atoms. The van der Waals surface area contributed by atoms with E-state index >= 15 is 0 Å². The van der Waals surface area contributed by atoms with Crippen LogP contribution in [0, 0.1) is 0 Å². The van der Waals surface area contributed by atoms with E-state index in [0.717, 1.165) is 41.2 Å². The number of hydrogen-bond donors (Lipinski definition) is 1. The van der Waals surface area contributed by atoms with Crippen LogP contribution < -0.4 is 15.2 Å². The van der Waals surface area contributed by atoms with Crippen molar-refractivity contribution in [1.29, 1.82) is 0 Å². The number of hydrogen-bond acceptors (Lipinski definition) is 3. The fourth-order valence-corrected chi connectivity index (χ4v) is 2.67. The number of nitrogens with two attached hydrogens (primary N) is 1. The van der Waals surface area contributed by atoms with Gasteiger partial charge in [0.15, 0.2) is 0 Å². The van der Waals surface area contributed by atoms with Crippen LogP contribution in [0.4, 0.5) is 0 Å². The second-order valence-electron chi connectivity index (χ2n) is 6.33. The standard InChI is InChI=1S/C23H25NO2/c1-2-20(24)16-19-10-6-7-11-23(19)26-22-14-12-21(13-15-22)25-17-18-8-4-3-5-9-18/h3-15,20H,2,16-17,24H2,1H3. The zero-order chi connectivity index (χ0) is 18.2. The quantitative estimate of drug-likeness (QED) is 0.598. The minimum Gasteiger partial charge on any atom is -0.489 e. The zero-order valence-electron chi connectivity index (χ0n) is 15.1. The van der Waals surface area contributed by atoms with Gasteiger partial charge in [0.05, 0.1) is 0 Å². The fourth-order valence-electron chi connectivity index (χ4n) is 2.67. The van der Waals surface area contributed by atoms with E-state index in [1.165, 1.54) is 0 Å². The van der Waals surface area contributed by atoms with Gasteiger partial charge in [0.1, 0.15) is 23.9 Å². The van der Waals surface area contributed by atoms with Gasteiger partial charge in [-0.25, -0.2) is 0 Å². The first kappa shape index (κ1) is 18.0. The molecular weight excluding hydrogens is 322 g/mol. The summed E-state index contributed by atoms with van der Waals surface area (Å²) < 4.78 is 11.9. The maximum absolute atomic E-state index is 6.10. The molecule has 3 nitrogen and oxygen atoms in total. The van der Waals surface area contributed by atoms with E-state index in [4.69, 9.17) is 15.2 Å². The maximum Gasteiger partial charge on any atom is 0.130 e. The molecule has 0 amide bonds. The molecule has 0 heterocycles.